The smallest absolute Gasteiger partial charge is 0.221 e. The molecule has 1 aromatic carbocycles. The maximum Gasteiger partial charge on any atom is 0.221 e. The first-order valence-electron chi connectivity index (χ1n) is 9.48. The Balaban J connectivity index is 1.91. The van der Waals surface area contributed by atoms with Crippen molar-refractivity contribution in [3.63, 3.8) is 0 Å². The molecule has 0 aliphatic rings. The molecular weight excluding hydrogens is 403 g/mol. The molecule has 0 atom stereocenters. The number of halogens is 2. The third kappa shape index (κ3) is 3.78. The molecule has 4 rings (SSSR count). The van der Waals surface area contributed by atoms with Crippen molar-refractivity contribution >= 4 is 33.9 Å². The van der Waals surface area contributed by atoms with Gasteiger partial charge in [0, 0.05) is 40.1 Å². The highest BCUT2D eigenvalue weighted by Crippen LogP contribution is 2.38. The average Bonchev–Trinajstić information content (AvgIpc) is 2.75. The molecular formula is C23H20ClFN4O. The summed E-state index contributed by atoms with van der Waals surface area (Å²) in [5, 5.41) is 4.75. The average molecular weight is 423 g/mol. The summed E-state index contributed by atoms with van der Waals surface area (Å²) in [5.41, 5.74) is 4.04. The van der Waals surface area contributed by atoms with E-state index in [0.717, 1.165) is 28.0 Å². The summed E-state index contributed by atoms with van der Waals surface area (Å²) in [4.78, 5) is 13.3. The minimum absolute atomic E-state index is 0.103. The summed E-state index contributed by atoms with van der Waals surface area (Å²) >= 11 is 6.12. The first-order valence-corrected chi connectivity index (χ1v) is 9.86. The molecule has 0 radical (unpaired) electrons. The van der Waals surface area contributed by atoms with Gasteiger partial charge in [-0.15, -0.1) is 0 Å². The maximum absolute atomic E-state index is 14.6. The number of nitrogens with one attached hydrogen (secondary N) is 1. The second-order valence-corrected chi connectivity index (χ2v) is 7.57. The highest BCUT2D eigenvalue weighted by atomic mass is 35.5. The van der Waals surface area contributed by atoms with Gasteiger partial charge in [0.15, 0.2) is 0 Å². The lowest BCUT2D eigenvalue weighted by Crippen LogP contribution is -2.05. The van der Waals surface area contributed by atoms with Crippen molar-refractivity contribution in [2.24, 2.45) is 0 Å². The van der Waals surface area contributed by atoms with E-state index in [2.05, 4.69) is 20.3 Å². The van der Waals surface area contributed by atoms with Gasteiger partial charge >= 0.3 is 0 Å². The molecule has 7 heteroatoms. The van der Waals surface area contributed by atoms with Crippen LogP contribution in [0, 0.1) is 5.82 Å². The fraction of sp³-hybridized carbons (Fsp3) is 0.174. The topological polar surface area (TPSA) is 59.9 Å². The lowest BCUT2D eigenvalue weighted by molar-refractivity contribution is 0.397. The van der Waals surface area contributed by atoms with Crippen LogP contribution in [0.5, 0.6) is 5.88 Å². The first-order chi connectivity index (χ1) is 14.5. The van der Waals surface area contributed by atoms with Crippen molar-refractivity contribution in [3.8, 4) is 17.0 Å². The molecule has 152 valence electrons. The van der Waals surface area contributed by atoms with Crippen molar-refractivity contribution in [3.05, 3.63) is 71.5 Å². The highest BCUT2D eigenvalue weighted by Gasteiger charge is 2.19. The van der Waals surface area contributed by atoms with Gasteiger partial charge in [0.1, 0.15) is 5.82 Å². The van der Waals surface area contributed by atoms with Crippen LogP contribution in [-0.2, 0) is 0 Å². The minimum atomic E-state index is -0.402. The Kier molecular flexibility index (Phi) is 5.50. The molecule has 0 saturated heterocycles. The number of anilines is 2. The van der Waals surface area contributed by atoms with Crippen LogP contribution < -0.4 is 10.1 Å². The van der Waals surface area contributed by atoms with Crippen molar-refractivity contribution in [2.75, 3.05) is 12.4 Å². The molecule has 1 N–H and O–H groups in total. The van der Waals surface area contributed by atoms with Crippen LogP contribution in [0.25, 0.3) is 22.0 Å². The zero-order valence-electron chi connectivity index (χ0n) is 16.8. The fourth-order valence-electron chi connectivity index (χ4n) is 3.35. The van der Waals surface area contributed by atoms with Crippen molar-refractivity contribution in [1.82, 2.24) is 15.0 Å². The maximum atomic E-state index is 14.6. The highest BCUT2D eigenvalue weighted by molar-refractivity contribution is 6.30. The lowest BCUT2D eigenvalue weighted by Gasteiger charge is -2.19. The van der Waals surface area contributed by atoms with Crippen LogP contribution in [0.4, 0.5) is 15.8 Å². The monoisotopic (exact) mass is 422 g/mol. The summed E-state index contributed by atoms with van der Waals surface area (Å²) < 4.78 is 20.1. The number of hydrogen-bond donors (Lipinski definition) is 1. The predicted octanol–water partition coefficient (Wildman–Crippen LogP) is 6.36. The number of rotatable bonds is 5. The molecule has 4 aromatic rings. The molecule has 0 amide bonds. The van der Waals surface area contributed by atoms with Crippen LogP contribution in [0.2, 0.25) is 5.02 Å². The van der Waals surface area contributed by atoms with Crippen LogP contribution >= 0.6 is 11.6 Å². The quantitative estimate of drug-likeness (QED) is 0.405. The summed E-state index contributed by atoms with van der Waals surface area (Å²) in [7, 11) is 1.52. The number of aromatic nitrogens is 3. The van der Waals surface area contributed by atoms with Gasteiger partial charge in [-0.1, -0.05) is 25.4 Å². The molecule has 0 unspecified atom stereocenters. The number of methoxy groups -OCH3 is 1. The Labute approximate surface area is 178 Å². The minimum Gasteiger partial charge on any atom is -0.481 e. The van der Waals surface area contributed by atoms with E-state index in [1.165, 1.54) is 19.2 Å². The first kappa shape index (κ1) is 20.0. The molecule has 5 nitrogen and oxygen atoms in total. The number of hydrogen-bond acceptors (Lipinski definition) is 5. The van der Waals surface area contributed by atoms with Gasteiger partial charge in [-0.25, -0.2) is 9.37 Å². The summed E-state index contributed by atoms with van der Waals surface area (Å²) in [5.74, 6) is 0.0406. The van der Waals surface area contributed by atoms with E-state index in [0.29, 0.717) is 22.0 Å². The molecule has 0 bridgehead atoms. The van der Waals surface area contributed by atoms with Crippen LogP contribution in [0.3, 0.4) is 0 Å². The summed E-state index contributed by atoms with van der Waals surface area (Å²) in [6, 6.07) is 9.99. The van der Waals surface area contributed by atoms with E-state index < -0.39 is 5.82 Å². The van der Waals surface area contributed by atoms with E-state index in [-0.39, 0.29) is 5.92 Å². The van der Waals surface area contributed by atoms with Gasteiger partial charge in [-0.3, -0.25) is 9.97 Å². The molecule has 0 saturated carbocycles. The van der Waals surface area contributed by atoms with E-state index >= 15 is 0 Å². The lowest BCUT2D eigenvalue weighted by atomic mass is 10.0. The van der Waals surface area contributed by atoms with Crippen LogP contribution in [0.1, 0.15) is 25.5 Å². The third-order valence-electron chi connectivity index (χ3n) is 4.79. The van der Waals surface area contributed by atoms with Gasteiger partial charge in [-0.05, 0) is 42.3 Å². The Morgan fingerprint density at radius 1 is 1.03 bits per heavy atom. The summed E-state index contributed by atoms with van der Waals surface area (Å²) in [6.07, 6.45) is 5.19. The fourth-order valence-corrected chi connectivity index (χ4v) is 3.52. The number of benzene rings is 1. The second kappa shape index (κ2) is 8.24. The van der Waals surface area contributed by atoms with Gasteiger partial charge < -0.3 is 10.1 Å². The van der Waals surface area contributed by atoms with E-state index in [1.54, 1.807) is 24.7 Å². The standard InChI is InChI=1S/C23H20ClFN4O/c1-13(2)22-21(28-20-7-9-27-19-6-8-26-12-17(19)20)11-16(23(29-22)30-3)15-10-14(24)4-5-18(15)25/h4-13H,1-3H3,(H,27,28). The van der Waals surface area contributed by atoms with Gasteiger partial charge in [0.2, 0.25) is 5.88 Å². The zero-order chi connectivity index (χ0) is 21.3. The molecule has 0 aliphatic carbocycles. The van der Waals surface area contributed by atoms with E-state index in [9.17, 15) is 4.39 Å². The van der Waals surface area contributed by atoms with Gasteiger partial charge in [-0.2, -0.15) is 0 Å². The SMILES string of the molecule is COc1nc(C(C)C)c(Nc2ccnc3ccncc23)cc1-c1cc(Cl)ccc1F. The number of ether oxygens (including phenoxy) is 1. The van der Waals surface area contributed by atoms with Crippen molar-refractivity contribution < 1.29 is 9.13 Å². The van der Waals surface area contributed by atoms with E-state index in [1.807, 2.05) is 32.0 Å². The van der Waals surface area contributed by atoms with E-state index in [4.69, 9.17) is 16.3 Å². The molecule has 30 heavy (non-hydrogen) atoms. The predicted molar refractivity (Wildman–Crippen MR) is 118 cm³/mol. The normalized spacial score (nSPS) is 11.1. The van der Waals surface area contributed by atoms with Gasteiger partial charge in [0.25, 0.3) is 0 Å². The Morgan fingerprint density at radius 2 is 1.87 bits per heavy atom. The third-order valence-corrected chi connectivity index (χ3v) is 5.02. The number of pyridine rings is 3. The Bertz CT molecular complexity index is 1220. The number of nitrogens with zero attached hydrogens (tertiary/aromatic N) is 3. The largest absolute Gasteiger partial charge is 0.481 e. The van der Waals surface area contributed by atoms with Crippen molar-refractivity contribution in [2.45, 2.75) is 19.8 Å². The van der Waals surface area contributed by atoms with Gasteiger partial charge in [0.05, 0.1) is 29.7 Å². The van der Waals surface area contributed by atoms with Crippen LogP contribution in [0.15, 0.2) is 55.0 Å². The molecule has 0 spiro atoms. The zero-order valence-corrected chi connectivity index (χ0v) is 17.5. The molecule has 0 aliphatic heterocycles. The summed E-state index contributed by atoms with van der Waals surface area (Å²) in [6.45, 7) is 4.08. The Morgan fingerprint density at radius 3 is 2.63 bits per heavy atom. The molecule has 3 aromatic heterocycles. The number of fused-ring (bicyclic) bond motifs is 1. The van der Waals surface area contributed by atoms with Crippen molar-refractivity contribution in [1.29, 1.82) is 0 Å². The second-order valence-electron chi connectivity index (χ2n) is 7.13. The Hall–Kier alpha value is -3.25. The molecule has 0 fully saturated rings. The molecule has 3 heterocycles. The van der Waals surface area contributed by atoms with Crippen LogP contribution in [-0.4, -0.2) is 22.1 Å².